The molecule has 0 amide bonds. The first-order valence-corrected chi connectivity index (χ1v) is 6.46. The maximum Gasteiger partial charge on any atom is 0.0593 e. The van der Waals surface area contributed by atoms with E-state index in [1.54, 1.807) is 0 Å². The van der Waals surface area contributed by atoms with E-state index in [-0.39, 0.29) is 0 Å². The zero-order valence-electron chi connectivity index (χ0n) is 9.45. The van der Waals surface area contributed by atoms with Crippen LogP contribution in [0.4, 0.5) is 0 Å². The molecule has 15 heavy (non-hydrogen) atoms. The van der Waals surface area contributed by atoms with Crippen LogP contribution in [0, 0.1) is 11.8 Å². The normalized spacial score (nSPS) is 38.4. The molecule has 86 valence electrons. The third kappa shape index (κ3) is 2.35. The lowest BCUT2D eigenvalue weighted by Gasteiger charge is -2.37. The van der Waals surface area contributed by atoms with E-state index in [0.717, 1.165) is 44.2 Å². The summed E-state index contributed by atoms with van der Waals surface area (Å²) in [6.45, 7) is 6.77. The van der Waals surface area contributed by atoms with Crippen molar-refractivity contribution in [3.05, 3.63) is 0 Å². The molecule has 2 atom stereocenters. The minimum atomic E-state index is 0.736. The molecule has 0 radical (unpaired) electrons. The van der Waals surface area contributed by atoms with Gasteiger partial charge < -0.3 is 10.1 Å². The maximum atomic E-state index is 5.71. The number of hydrogen-bond donors (Lipinski definition) is 1. The molecule has 0 aromatic carbocycles. The number of ether oxygens (including phenoxy) is 1. The molecule has 3 aliphatic rings. The summed E-state index contributed by atoms with van der Waals surface area (Å²) < 4.78 is 5.71. The van der Waals surface area contributed by atoms with E-state index >= 15 is 0 Å². The van der Waals surface area contributed by atoms with Gasteiger partial charge in [-0.2, -0.15) is 0 Å². The number of nitrogens with zero attached hydrogens (tertiary/aromatic N) is 1. The van der Waals surface area contributed by atoms with Crippen LogP contribution in [0.3, 0.4) is 0 Å². The Balaban J connectivity index is 1.66. The minimum Gasteiger partial charge on any atom is -0.380 e. The number of piperidine rings is 1. The summed E-state index contributed by atoms with van der Waals surface area (Å²) in [4.78, 5) is 2.72. The first-order valence-electron chi connectivity index (χ1n) is 6.46. The van der Waals surface area contributed by atoms with Crippen LogP contribution in [0.5, 0.6) is 0 Å². The maximum absolute atomic E-state index is 5.71. The lowest BCUT2D eigenvalue weighted by atomic mass is 9.92. The van der Waals surface area contributed by atoms with E-state index < -0.39 is 0 Å². The Morgan fingerprint density at radius 3 is 3.07 bits per heavy atom. The Hall–Kier alpha value is -0.120. The van der Waals surface area contributed by atoms with Gasteiger partial charge in [0.1, 0.15) is 0 Å². The van der Waals surface area contributed by atoms with Crippen molar-refractivity contribution in [2.24, 2.45) is 11.8 Å². The number of hydrogen-bond acceptors (Lipinski definition) is 3. The van der Waals surface area contributed by atoms with Gasteiger partial charge in [-0.05, 0) is 31.7 Å². The van der Waals surface area contributed by atoms with Crippen molar-refractivity contribution in [1.29, 1.82) is 0 Å². The highest BCUT2D eigenvalue weighted by atomic mass is 16.5. The molecule has 0 spiro atoms. The first kappa shape index (κ1) is 10.1. The third-order valence-electron chi connectivity index (χ3n) is 4.08. The lowest BCUT2D eigenvalue weighted by Crippen LogP contribution is -2.50. The van der Waals surface area contributed by atoms with E-state index in [2.05, 4.69) is 10.2 Å². The van der Waals surface area contributed by atoms with Gasteiger partial charge >= 0.3 is 0 Å². The molecule has 3 fully saturated rings. The quantitative estimate of drug-likeness (QED) is 0.726. The second-order valence-corrected chi connectivity index (χ2v) is 5.33. The standard InChI is InChI=1S/C12H22N2O/c1-2-10(1)8-14-5-6-15-9-11-7-13-4-3-12(11)14/h10-13H,1-9H2/t11-,12+/m1/s1. The zero-order valence-corrected chi connectivity index (χ0v) is 9.45. The Morgan fingerprint density at radius 2 is 2.20 bits per heavy atom. The van der Waals surface area contributed by atoms with Gasteiger partial charge in [0.15, 0.2) is 0 Å². The Bertz CT molecular complexity index is 218. The second kappa shape index (κ2) is 4.40. The highest BCUT2D eigenvalue weighted by Gasteiger charge is 2.35. The molecule has 0 unspecified atom stereocenters. The van der Waals surface area contributed by atoms with Crippen molar-refractivity contribution >= 4 is 0 Å². The molecule has 1 aliphatic carbocycles. The van der Waals surface area contributed by atoms with Gasteiger partial charge in [0.25, 0.3) is 0 Å². The average molecular weight is 210 g/mol. The van der Waals surface area contributed by atoms with Crippen LogP contribution in [0.1, 0.15) is 19.3 Å². The predicted molar refractivity (Wildman–Crippen MR) is 59.9 cm³/mol. The fourth-order valence-corrected chi connectivity index (χ4v) is 3.00. The van der Waals surface area contributed by atoms with Crippen LogP contribution in [0.25, 0.3) is 0 Å². The van der Waals surface area contributed by atoms with Crippen molar-refractivity contribution in [2.45, 2.75) is 25.3 Å². The van der Waals surface area contributed by atoms with Gasteiger partial charge in [-0.15, -0.1) is 0 Å². The molecule has 0 aromatic heterocycles. The van der Waals surface area contributed by atoms with Gasteiger partial charge in [-0.3, -0.25) is 4.90 Å². The van der Waals surface area contributed by atoms with Crippen LogP contribution < -0.4 is 5.32 Å². The zero-order chi connectivity index (χ0) is 10.1. The molecule has 3 nitrogen and oxygen atoms in total. The van der Waals surface area contributed by atoms with Crippen LogP contribution >= 0.6 is 0 Å². The summed E-state index contributed by atoms with van der Waals surface area (Å²) in [6, 6.07) is 0.800. The Kier molecular flexibility index (Phi) is 2.95. The average Bonchev–Trinajstić information content (AvgIpc) is 3.07. The summed E-state index contributed by atoms with van der Waals surface area (Å²) >= 11 is 0. The molecule has 2 aliphatic heterocycles. The predicted octanol–water partition coefficient (Wildman–Crippen LogP) is 0.707. The molecule has 3 heteroatoms. The molecular weight excluding hydrogens is 188 g/mol. The van der Waals surface area contributed by atoms with Crippen molar-refractivity contribution in [1.82, 2.24) is 10.2 Å². The number of fused-ring (bicyclic) bond motifs is 1. The number of nitrogens with one attached hydrogen (secondary N) is 1. The molecule has 0 bridgehead atoms. The van der Waals surface area contributed by atoms with E-state index in [1.165, 1.54) is 32.4 Å². The number of rotatable bonds is 2. The van der Waals surface area contributed by atoms with Crippen molar-refractivity contribution < 1.29 is 4.74 Å². The monoisotopic (exact) mass is 210 g/mol. The van der Waals surface area contributed by atoms with E-state index in [9.17, 15) is 0 Å². The smallest absolute Gasteiger partial charge is 0.0593 e. The van der Waals surface area contributed by atoms with Gasteiger partial charge in [-0.25, -0.2) is 0 Å². The Morgan fingerprint density at radius 1 is 1.27 bits per heavy atom. The molecule has 2 saturated heterocycles. The van der Waals surface area contributed by atoms with Crippen molar-refractivity contribution in [2.75, 3.05) is 39.4 Å². The summed E-state index contributed by atoms with van der Waals surface area (Å²) in [6.07, 6.45) is 4.25. The lowest BCUT2D eigenvalue weighted by molar-refractivity contribution is 0.101. The van der Waals surface area contributed by atoms with Crippen LogP contribution in [0.15, 0.2) is 0 Å². The van der Waals surface area contributed by atoms with Crippen LogP contribution in [-0.2, 0) is 4.74 Å². The summed E-state index contributed by atoms with van der Waals surface area (Å²) in [7, 11) is 0. The van der Waals surface area contributed by atoms with Gasteiger partial charge in [0.2, 0.25) is 0 Å². The van der Waals surface area contributed by atoms with Gasteiger partial charge in [0.05, 0.1) is 13.2 Å². The third-order valence-corrected chi connectivity index (χ3v) is 4.08. The van der Waals surface area contributed by atoms with Crippen LogP contribution in [0.2, 0.25) is 0 Å². The minimum absolute atomic E-state index is 0.736. The highest BCUT2D eigenvalue weighted by Crippen LogP contribution is 2.32. The SMILES string of the molecule is C1C[C@H]2[C@H](CN1)COCCN2CC1CC1. The van der Waals surface area contributed by atoms with Gasteiger partial charge in [-0.1, -0.05) is 0 Å². The summed E-state index contributed by atoms with van der Waals surface area (Å²) in [5.41, 5.74) is 0. The van der Waals surface area contributed by atoms with Crippen LogP contribution in [-0.4, -0.2) is 50.3 Å². The molecule has 0 aromatic rings. The van der Waals surface area contributed by atoms with E-state index in [4.69, 9.17) is 4.74 Å². The molecule has 2 heterocycles. The van der Waals surface area contributed by atoms with E-state index in [1.807, 2.05) is 0 Å². The van der Waals surface area contributed by atoms with Crippen molar-refractivity contribution in [3.63, 3.8) is 0 Å². The molecule has 1 N–H and O–H groups in total. The van der Waals surface area contributed by atoms with E-state index in [0.29, 0.717) is 0 Å². The topological polar surface area (TPSA) is 24.5 Å². The summed E-state index contributed by atoms with van der Waals surface area (Å²) in [5, 5.41) is 3.49. The molecular formula is C12H22N2O. The van der Waals surface area contributed by atoms with Crippen molar-refractivity contribution in [3.8, 4) is 0 Å². The Labute approximate surface area is 92.2 Å². The summed E-state index contributed by atoms with van der Waals surface area (Å²) in [5.74, 6) is 1.75. The largest absolute Gasteiger partial charge is 0.380 e. The highest BCUT2D eigenvalue weighted by molar-refractivity contribution is 4.89. The molecule has 1 saturated carbocycles. The molecule has 3 rings (SSSR count). The van der Waals surface area contributed by atoms with Gasteiger partial charge in [0, 0.05) is 31.6 Å². The fraction of sp³-hybridized carbons (Fsp3) is 1.00. The second-order valence-electron chi connectivity index (χ2n) is 5.33. The first-order chi connectivity index (χ1) is 7.43. The fourth-order valence-electron chi connectivity index (χ4n) is 3.00.